The standard InChI is InChI=1S/C15H14BrN3/c16-13-5-11(8-18-9-13)10-19-14(7-17)6-12-3-1-2-4-15(12)19/h1-6,8-9H,7,10,17H2. The predicted octanol–water partition coefficient (Wildman–Crippen LogP) is 3.31. The van der Waals surface area contributed by atoms with E-state index in [9.17, 15) is 0 Å². The van der Waals surface area contributed by atoms with Gasteiger partial charge in [-0.05, 0) is 45.1 Å². The largest absolute Gasteiger partial charge is 0.339 e. The number of rotatable bonds is 3. The van der Waals surface area contributed by atoms with Crippen molar-refractivity contribution in [1.29, 1.82) is 0 Å². The van der Waals surface area contributed by atoms with Crippen LogP contribution >= 0.6 is 15.9 Å². The summed E-state index contributed by atoms with van der Waals surface area (Å²) < 4.78 is 3.24. The van der Waals surface area contributed by atoms with Crippen LogP contribution in [0.2, 0.25) is 0 Å². The Morgan fingerprint density at radius 2 is 2.00 bits per heavy atom. The Labute approximate surface area is 120 Å². The highest BCUT2D eigenvalue weighted by Gasteiger charge is 2.08. The fraction of sp³-hybridized carbons (Fsp3) is 0.133. The normalized spacial score (nSPS) is 11.1. The highest BCUT2D eigenvalue weighted by molar-refractivity contribution is 9.10. The molecule has 0 spiro atoms. The number of halogens is 1. The van der Waals surface area contributed by atoms with Crippen LogP contribution in [0.1, 0.15) is 11.3 Å². The van der Waals surface area contributed by atoms with Crippen molar-refractivity contribution in [2.24, 2.45) is 5.73 Å². The third-order valence-electron chi connectivity index (χ3n) is 3.21. The molecule has 3 rings (SSSR count). The van der Waals surface area contributed by atoms with Gasteiger partial charge in [0.05, 0.1) is 0 Å². The van der Waals surface area contributed by atoms with Gasteiger partial charge in [0.2, 0.25) is 0 Å². The van der Waals surface area contributed by atoms with E-state index in [2.05, 4.69) is 55.8 Å². The molecule has 0 amide bonds. The molecule has 0 saturated carbocycles. The van der Waals surface area contributed by atoms with Gasteiger partial charge in [-0.3, -0.25) is 4.98 Å². The number of nitrogens with two attached hydrogens (primary N) is 1. The molecule has 0 aliphatic rings. The van der Waals surface area contributed by atoms with Crippen molar-refractivity contribution < 1.29 is 0 Å². The van der Waals surface area contributed by atoms with Gasteiger partial charge in [0.15, 0.2) is 0 Å². The number of fused-ring (bicyclic) bond motifs is 1. The molecule has 0 aliphatic carbocycles. The zero-order chi connectivity index (χ0) is 13.2. The van der Waals surface area contributed by atoms with E-state index >= 15 is 0 Å². The summed E-state index contributed by atoms with van der Waals surface area (Å²) in [4.78, 5) is 4.21. The Hall–Kier alpha value is -1.65. The van der Waals surface area contributed by atoms with Crippen molar-refractivity contribution in [3.05, 3.63) is 64.5 Å². The molecular formula is C15H14BrN3. The molecule has 2 heterocycles. The second kappa shape index (κ2) is 5.15. The van der Waals surface area contributed by atoms with Gasteiger partial charge in [-0.15, -0.1) is 0 Å². The SMILES string of the molecule is NCc1cc2ccccc2n1Cc1cncc(Br)c1. The lowest BCUT2D eigenvalue weighted by Gasteiger charge is -2.09. The maximum atomic E-state index is 5.85. The van der Waals surface area contributed by atoms with Gasteiger partial charge >= 0.3 is 0 Å². The summed E-state index contributed by atoms with van der Waals surface area (Å²) >= 11 is 3.46. The first-order valence-electron chi connectivity index (χ1n) is 6.14. The molecule has 0 bridgehead atoms. The molecule has 1 aromatic carbocycles. The van der Waals surface area contributed by atoms with Crippen LogP contribution in [-0.2, 0) is 13.1 Å². The van der Waals surface area contributed by atoms with Crippen molar-refractivity contribution in [2.75, 3.05) is 0 Å². The molecule has 3 aromatic rings. The van der Waals surface area contributed by atoms with Crippen LogP contribution in [0.4, 0.5) is 0 Å². The number of para-hydroxylation sites is 1. The highest BCUT2D eigenvalue weighted by atomic mass is 79.9. The smallest absolute Gasteiger partial charge is 0.0495 e. The first kappa shape index (κ1) is 12.4. The topological polar surface area (TPSA) is 43.8 Å². The number of pyridine rings is 1. The van der Waals surface area contributed by atoms with Crippen LogP contribution in [-0.4, -0.2) is 9.55 Å². The highest BCUT2D eigenvalue weighted by Crippen LogP contribution is 2.21. The van der Waals surface area contributed by atoms with Crippen molar-refractivity contribution in [3.63, 3.8) is 0 Å². The van der Waals surface area contributed by atoms with Gasteiger partial charge in [-0.25, -0.2) is 0 Å². The zero-order valence-electron chi connectivity index (χ0n) is 10.4. The quantitative estimate of drug-likeness (QED) is 0.806. The molecule has 0 aliphatic heterocycles. The Morgan fingerprint density at radius 1 is 1.16 bits per heavy atom. The van der Waals surface area contributed by atoms with Gasteiger partial charge in [0.25, 0.3) is 0 Å². The summed E-state index contributed by atoms with van der Waals surface area (Å²) in [5.74, 6) is 0. The summed E-state index contributed by atoms with van der Waals surface area (Å²) in [6.45, 7) is 1.32. The Morgan fingerprint density at radius 3 is 2.79 bits per heavy atom. The van der Waals surface area contributed by atoms with Gasteiger partial charge in [-0.2, -0.15) is 0 Å². The molecule has 2 aromatic heterocycles. The lowest BCUT2D eigenvalue weighted by molar-refractivity contribution is 0.764. The molecule has 2 N–H and O–H groups in total. The van der Waals surface area contributed by atoms with Gasteiger partial charge in [-0.1, -0.05) is 18.2 Å². The molecule has 0 atom stereocenters. The number of aromatic nitrogens is 2. The maximum Gasteiger partial charge on any atom is 0.0495 e. The predicted molar refractivity (Wildman–Crippen MR) is 80.9 cm³/mol. The monoisotopic (exact) mass is 315 g/mol. The lowest BCUT2D eigenvalue weighted by Crippen LogP contribution is -2.08. The van der Waals surface area contributed by atoms with Gasteiger partial charge in [0.1, 0.15) is 0 Å². The van der Waals surface area contributed by atoms with Crippen molar-refractivity contribution in [1.82, 2.24) is 9.55 Å². The third-order valence-corrected chi connectivity index (χ3v) is 3.64. The van der Waals surface area contributed by atoms with E-state index in [0.717, 1.165) is 22.3 Å². The minimum atomic E-state index is 0.538. The van der Waals surface area contributed by atoms with E-state index in [-0.39, 0.29) is 0 Å². The molecule has 0 unspecified atom stereocenters. The molecule has 96 valence electrons. The zero-order valence-corrected chi connectivity index (χ0v) is 12.0. The van der Waals surface area contributed by atoms with Crippen molar-refractivity contribution in [3.8, 4) is 0 Å². The second-order valence-corrected chi connectivity index (χ2v) is 5.41. The van der Waals surface area contributed by atoms with E-state index < -0.39 is 0 Å². The first-order valence-corrected chi connectivity index (χ1v) is 6.94. The minimum absolute atomic E-state index is 0.538. The molecule has 0 radical (unpaired) electrons. The Kier molecular flexibility index (Phi) is 3.36. The average molecular weight is 316 g/mol. The van der Waals surface area contributed by atoms with E-state index in [1.54, 1.807) is 6.20 Å². The number of benzene rings is 1. The summed E-state index contributed by atoms with van der Waals surface area (Å²) in [6.07, 6.45) is 3.68. The summed E-state index contributed by atoms with van der Waals surface area (Å²) in [7, 11) is 0. The number of hydrogen-bond acceptors (Lipinski definition) is 2. The molecular weight excluding hydrogens is 302 g/mol. The third kappa shape index (κ3) is 2.41. The van der Waals surface area contributed by atoms with E-state index in [4.69, 9.17) is 5.73 Å². The van der Waals surface area contributed by atoms with Crippen LogP contribution in [0.5, 0.6) is 0 Å². The van der Waals surface area contributed by atoms with Crippen LogP contribution in [0.15, 0.2) is 53.3 Å². The average Bonchev–Trinajstić information content (AvgIpc) is 2.77. The summed E-state index contributed by atoms with van der Waals surface area (Å²) in [5.41, 5.74) is 9.36. The molecule has 3 nitrogen and oxygen atoms in total. The summed E-state index contributed by atoms with van der Waals surface area (Å²) in [6, 6.07) is 12.6. The van der Waals surface area contributed by atoms with Crippen LogP contribution in [0, 0.1) is 0 Å². The Bertz CT molecular complexity index is 718. The van der Waals surface area contributed by atoms with Gasteiger partial charge in [0, 0.05) is 41.2 Å². The van der Waals surface area contributed by atoms with E-state index in [0.29, 0.717) is 6.54 Å². The lowest BCUT2D eigenvalue weighted by atomic mass is 10.2. The Balaban J connectivity index is 2.08. The molecule has 0 fully saturated rings. The fourth-order valence-electron chi connectivity index (χ4n) is 2.35. The molecule has 4 heteroatoms. The van der Waals surface area contributed by atoms with Crippen LogP contribution < -0.4 is 5.73 Å². The van der Waals surface area contributed by atoms with Gasteiger partial charge < -0.3 is 10.3 Å². The number of nitrogens with zero attached hydrogens (tertiary/aromatic N) is 2. The minimum Gasteiger partial charge on any atom is -0.339 e. The van der Waals surface area contributed by atoms with Crippen molar-refractivity contribution >= 4 is 26.8 Å². The van der Waals surface area contributed by atoms with Crippen LogP contribution in [0.3, 0.4) is 0 Å². The fourth-order valence-corrected chi connectivity index (χ4v) is 2.76. The molecule has 0 saturated heterocycles. The summed E-state index contributed by atoms with van der Waals surface area (Å²) in [5, 5.41) is 1.23. The molecule has 19 heavy (non-hydrogen) atoms. The maximum absolute atomic E-state index is 5.85. The van der Waals surface area contributed by atoms with E-state index in [1.165, 1.54) is 10.9 Å². The number of hydrogen-bond donors (Lipinski definition) is 1. The van der Waals surface area contributed by atoms with Crippen molar-refractivity contribution in [2.45, 2.75) is 13.1 Å². The van der Waals surface area contributed by atoms with Crippen LogP contribution in [0.25, 0.3) is 10.9 Å². The van der Waals surface area contributed by atoms with E-state index in [1.807, 2.05) is 12.3 Å². The second-order valence-electron chi connectivity index (χ2n) is 4.50. The first-order chi connectivity index (χ1) is 9.28.